The van der Waals surface area contributed by atoms with Crippen LogP contribution >= 0.6 is 0 Å². The average molecular weight is 376 g/mol. The Morgan fingerprint density at radius 1 is 1.04 bits per heavy atom. The van der Waals surface area contributed by atoms with Gasteiger partial charge in [-0.15, -0.1) is 4.83 Å². The molecule has 0 unspecified atom stereocenters. The molecule has 0 aliphatic rings. The number of carbonyl (C=O) groups is 1. The summed E-state index contributed by atoms with van der Waals surface area (Å²) in [5, 5.41) is 0. The molecule has 0 atom stereocenters. The molecule has 0 aromatic heterocycles. The smallest absolute Gasteiger partial charge is 0.266 e. The van der Waals surface area contributed by atoms with Crippen LogP contribution in [0.15, 0.2) is 53.4 Å². The highest BCUT2D eigenvalue weighted by atomic mass is 32.2. The van der Waals surface area contributed by atoms with Crippen LogP contribution in [0.1, 0.15) is 36.2 Å². The second-order valence-corrected chi connectivity index (χ2v) is 8.11. The van der Waals surface area contributed by atoms with Gasteiger partial charge in [0.05, 0.1) is 11.5 Å². The lowest BCUT2D eigenvalue weighted by atomic mass is 10.1. The zero-order chi connectivity index (χ0) is 19.2. The maximum Gasteiger partial charge on any atom is 0.266 e. The first-order valence-corrected chi connectivity index (χ1v) is 9.88. The van der Waals surface area contributed by atoms with E-state index < -0.39 is 15.9 Å². The molecule has 0 fully saturated rings. The topological polar surface area (TPSA) is 84.5 Å². The summed E-state index contributed by atoms with van der Waals surface area (Å²) < 4.78 is 29.9. The van der Waals surface area contributed by atoms with E-state index in [-0.39, 0.29) is 4.90 Å². The van der Waals surface area contributed by atoms with E-state index in [0.29, 0.717) is 23.8 Å². The Morgan fingerprint density at radius 3 is 2.23 bits per heavy atom. The second kappa shape index (κ2) is 8.82. The molecule has 0 heterocycles. The van der Waals surface area contributed by atoms with Crippen LogP contribution in [0.4, 0.5) is 0 Å². The predicted octanol–water partition coefficient (Wildman–Crippen LogP) is 3.04. The minimum absolute atomic E-state index is 0.0808. The maximum absolute atomic E-state index is 12.2. The van der Waals surface area contributed by atoms with Gasteiger partial charge in [0, 0.05) is 5.56 Å². The Kier molecular flexibility index (Phi) is 6.76. The van der Waals surface area contributed by atoms with E-state index in [9.17, 15) is 13.2 Å². The highest BCUT2D eigenvalue weighted by Gasteiger charge is 2.15. The van der Waals surface area contributed by atoms with E-state index in [0.717, 1.165) is 12.0 Å². The monoisotopic (exact) mass is 376 g/mol. The number of hydrogen-bond donors (Lipinski definition) is 2. The highest BCUT2D eigenvalue weighted by Crippen LogP contribution is 2.14. The van der Waals surface area contributed by atoms with Crippen molar-refractivity contribution in [3.05, 3.63) is 59.7 Å². The van der Waals surface area contributed by atoms with E-state index in [1.54, 1.807) is 36.4 Å². The molecular formula is C19H24N2O4S. The molecule has 26 heavy (non-hydrogen) atoms. The van der Waals surface area contributed by atoms with Gasteiger partial charge in [-0.25, -0.2) is 8.42 Å². The maximum atomic E-state index is 12.2. The molecule has 2 aromatic carbocycles. The fraction of sp³-hybridized carbons (Fsp3) is 0.316. The Morgan fingerprint density at radius 2 is 1.65 bits per heavy atom. The Hall–Kier alpha value is -2.38. The van der Waals surface area contributed by atoms with Gasteiger partial charge >= 0.3 is 0 Å². The molecule has 7 heteroatoms. The van der Waals surface area contributed by atoms with E-state index in [1.807, 2.05) is 6.92 Å². The summed E-state index contributed by atoms with van der Waals surface area (Å²) in [4.78, 5) is 14.3. The number of amides is 1. The van der Waals surface area contributed by atoms with Crippen LogP contribution in [-0.2, 0) is 10.0 Å². The quantitative estimate of drug-likeness (QED) is 0.694. The van der Waals surface area contributed by atoms with Gasteiger partial charge in [-0.3, -0.25) is 10.2 Å². The minimum atomic E-state index is -3.82. The number of aryl methyl sites for hydroxylation is 1. The van der Waals surface area contributed by atoms with Crippen LogP contribution in [0.3, 0.4) is 0 Å². The van der Waals surface area contributed by atoms with Gasteiger partial charge in [0.25, 0.3) is 15.9 Å². The molecule has 2 aromatic rings. The zero-order valence-corrected chi connectivity index (χ0v) is 16.0. The number of hydrazine groups is 1. The number of sulfonamides is 1. The van der Waals surface area contributed by atoms with Crippen molar-refractivity contribution >= 4 is 15.9 Å². The number of nitrogens with one attached hydrogen (secondary N) is 2. The number of benzene rings is 2. The van der Waals surface area contributed by atoms with Crippen LogP contribution in [0.2, 0.25) is 0 Å². The molecule has 2 rings (SSSR count). The van der Waals surface area contributed by atoms with E-state index in [1.165, 1.54) is 12.1 Å². The van der Waals surface area contributed by atoms with Gasteiger partial charge < -0.3 is 4.74 Å². The lowest BCUT2D eigenvalue weighted by Crippen LogP contribution is -2.41. The van der Waals surface area contributed by atoms with Gasteiger partial charge in [-0.05, 0) is 55.7 Å². The molecule has 0 radical (unpaired) electrons. The molecule has 0 saturated heterocycles. The van der Waals surface area contributed by atoms with Crippen molar-refractivity contribution in [2.24, 2.45) is 5.92 Å². The van der Waals surface area contributed by atoms with E-state index >= 15 is 0 Å². The number of hydrogen-bond acceptors (Lipinski definition) is 4. The van der Waals surface area contributed by atoms with Crippen LogP contribution in [0, 0.1) is 12.8 Å². The normalized spacial score (nSPS) is 11.4. The van der Waals surface area contributed by atoms with Gasteiger partial charge in [-0.2, -0.15) is 0 Å². The summed E-state index contributed by atoms with van der Waals surface area (Å²) in [6.07, 6.45) is 0.947. The third kappa shape index (κ3) is 5.86. The van der Waals surface area contributed by atoms with Crippen molar-refractivity contribution < 1.29 is 17.9 Å². The summed E-state index contributed by atoms with van der Waals surface area (Å²) in [7, 11) is -3.82. The summed E-state index contributed by atoms with van der Waals surface area (Å²) >= 11 is 0. The van der Waals surface area contributed by atoms with E-state index in [4.69, 9.17) is 4.74 Å². The van der Waals surface area contributed by atoms with Crippen molar-refractivity contribution in [1.29, 1.82) is 0 Å². The van der Waals surface area contributed by atoms with Gasteiger partial charge in [0.2, 0.25) is 0 Å². The molecule has 0 aliphatic heterocycles. The van der Waals surface area contributed by atoms with Crippen LogP contribution in [-0.4, -0.2) is 20.9 Å². The molecule has 0 aliphatic carbocycles. The molecule has 0 saturated carbocycles. The SMILES string of the molecule is Cc1ccc(S(=O)(=O)NNC(=O)c2ccc(OCCC(C)C)cc2)cc1. The number of rotatable bonds is 8. The van der Waals surface area contributed by atoms with Crippen LogP contribution in [0.25, 0.3) is 0 Å². The standard InChI is InChI=1S/C19H24N2O4S/c1-14(2)12-13-25-17-8-6-16(7-9-17)19(22)20-21-26(23,24)18-10-4-15(3)5-11-18/h4-11,14,21H,12-13H2,1-3H3,(H,20,22). The molecule has 0 spiro atoms. The van der Waals surface area contributed by atoms with Crippen molar-refractivity contribution in [1.82, 2.24) is 10.3 Å². The highest BCUT2D eigenvalue weighted by molar-refractivity contribution is 7.89. The molecular weight excluding hydrogens is 352 g/mol. The third-order valence-corrected chi connectivity index (χ3v) is 4.97. The summed E-state index contributed by atoms with van der Waals surface area (Å²) in [5.74, 6) is 0.679. The first-order valence-electron chi connectivity index (χ1n) is 8.39. The van der Waals surface area contributed by atoms with Gasteiger partial charge in [0.15, 0.2) is 0 Å². The predicted molar refractivity (Wildman–Crippen MR) is 100 cm³/mol. The van der Waals surface area contributed by atoms with Crippen LogP contribution in [0.5, 0.6) is 5.75 Å². The molecule has 0 bridgehead atoms. The summed E-state index contributed by atoms with van der Waals surface area (Å²) in [6, 6.07) is 12.9. The van der Waals surface area contributed by atoms with Crippen LogP contribution < -0.4 is 15.0 Å². The first kappa shape index (κ1) is 19.9. The summed E-state index contributed by atoms with van der Waals surface area (Å²) in [6.45, 7) is 6.71. The molecule has 140 valence electrons. The number of ether oxygens (including phenoxy) is 1. The van der Waals surface area contributed by atoms with Crippen molar-refractivity contribution in [3.63, 3.8) is 0 Å². The third-order valence-electron chi connectivity index (χ3n) is 3.71. The fourth-order valence-corrected chi connectivity index (χ4v) is 2.92. The fourth-order valence-electron chi connectivity index (χ4n) is 2.08. The Labute approximate surface area is 154 Å². The van der Waals surface area contributed by atoms with Gasteiger partial charge in [0.1, 0.15) is 5.75 Å². The Balaban J connectivity index is 1.92. The van der Waals surface area contributed by atoms with Crippen molar-refractivity contribution in [3.8, 4) is 5.75 Å². The lowest BCUT2D eigenvalue weighted by molar-refractivity contribution is 0.0945. The lowest BCUT2D eigenvalue weighted by Gasteiger charge is -2.10. The van der Waals surface area contributed by atoms with Gasteiger partial charge in [-0.1, -0.05) is 31.5 Å². The second-order valence-electron chi connectivity index (χ2n) is 6.43. The molecule has 2 N–H and O–H groups in total. The Bertz CT molecular complexity index is 829. The molecule has 1 amide bonds. The zero-order valence-electron chi connectivity index (χ0n) is 15.2. The largest absolute Gasteiger partial charge is 0.494 e. The average Bonchev–Trinajstić information content (AvgIpc) is 2.60. The van der Waals surface area contributed by atoms with Crippen molar-refractivity contribution in [2.45, 2.75) is 32.1 Å². The van der Waals surface area contributed by atoms with E-state index in [2.05, 4.69) is 24.1 Å². The number of carbonyl (C=O) groups excluding carboxylic acids is 1. The minimum Gasteiger partial charge on any atom is -0.494 e. The molecule has 6 nitrogen and oxygen atoms in total. The first-order chi connectivity index (χ1) is 12.3. The summed E-state index contributed by atoms with van der Waals surface area (Å²) in [5.41, 5.74) is 3.49. The van der Waals surface area contributed by atoms with Crippen molar-refractivity contribution in [2.75, 3.05) is 6.61 Å².